The van der Waals surface area contributed by atoms with E-state index in [2.05, 4.69) is 0 Å². The lowest BCUT2D eigenvalue weighted by molar-refractivity contribution is -0.402. The third kappa shape index (κ3) is 3.00. The summed E-state index contributed by atoms with van der Waals surface area (Å²) in [7, 11) is 0. The van der Waals surface area contributed by atoms with E-state index in [1.807, 2.05) is 5.32 Å². The highest BCUT2D eigenvalue weighted by molar-refractivity contribution is 6.39. The van der Waals surface area contributed by atoms with E-state index >= 15 is 0 Å². The van der Waals surface area contributed by atoms with Gasteiger partial charge in [-0.25, -0.2) is 14.1 Å². The van der Waals surface area contributed by atoms with Gasteiger partial charge in [-0.2, -0.15) is 0 Å². The number of nitrogens with one attached hydrogen (secondary N) is 1. The Labute approximate surface area is 138 Å². The van der Waals surface area contributed by atoms with Crippen LogP contribution in [-0.2, 0) is 9.59 Å². The van der Waals surface area contributed by atoms with Crippen LogP contribution in [0.3, 0.4) is 0 Å². The summed E-state index contributed by atoms with van der Waals surface area (Å²) in [5, 5.41) is 12.6. The molecule has 1 aromatic heterocycles. The molecular formula is C15H8FN3O6. The number of urea groups is 1. The van der Waals surface area contributed by atoms with Crippen LogP contribution in [0.15, 0.2) is 46.4 Å². The molecule has 1 aromatic carbocycles. The second kappa shape index (κ2) is 6.00. The third-order valence-corrected chi connectivity index (χ3v) is 3.27. The molecule has 1 aliphatic rings. The second-order valence-corrected chi connectivity index (χ2v) is 4.87. The van der Waals surface area contributed by atoms with Gasteiger partial charge in [-0.3, -0.25) is 25.0 Å². The van der Waals surface area contributed by atoms with Crippen LogP contribution < -0.4 is 10.2 Å². The number of barbiturate groups is 1. The van der Waals surface area contributed by atoms with Crippen molar-refractivity contribution in [3.63, 3.8) is 0 Å². The van der Waals surface area contributed by atoms with E-state index in [9.17, 15) is 28.9 Å². The summed E-state index contributed by atoms with van der Waals surface area (Å²) in [5.41, 5.74) is -0.416. The Morgan fingerprint density at radius 1 is 1.12 bits per heavy atom. The van der Waals surface area contributed by atoms with Gasteiger partial charge in [-0.1, -0.05) is 0 Å². The van der Waals surface area contributed by atoms with Gasteiger partial charge in [0.25, 0.3) is 11.8 Å². The molecule has 1 fully saturated rings. The molecule has 2 heterocycles. The fraction of sp³-hybridized carbons (Fsp3) is 0. The lowest BCUT2D eigenvalue weighted by atomic mass is 10.1. The van der Waals surface area contributed by atoms with Crippen molar-refractivity contribution in [3.05, 3.63) is 63.7 Å². The number of halogens is 1. The first-order valence-electron chi connectivity index (χ1n) is 6.78. The Balaban J connectivity index is 1.98. The number of carbonyl (C=O) groups excluding carboxylic acids is 3. The van der Waals surface area contributed by atoms with Gasteiger partial charge in [-0.05, 0) is 36.4 Å². The molecule has 0 bridgehead atoms. The maximum atomic E-state index is 13.0. The highest BCUT2D eigenvalue weighted by atomic mass is 19.1. The minimum Gasteiger partial charge on any atom is -0.401 e. The van der Waals surface area contributed by atoms with Crippen molar-refractivity contribution in [3.8, 4) is 0 Å². The van der Waals surface area contributed by atoms with Crippen LogP contribution in [0.1, 0.15) is 5.76 Å². The minimum absolute atomic E-state index is 0.0488. The molecule has 1 aliphatic heterocycles. The van der Waals surface area contributed by atoms with Gasteiger partial charge in [0, 0.05) is 0 Å². The van der Waals surface area contributed by atoms with Crippen LogP contribution >= 0.6 is 0 Å². The fourth-order valence-corrected chi connectivity index (χ4v) is 2.14. The zero-order valence-corrected chi connectivity index (χ0v) is 12.3. The van der Waals surface area contributed by atoms with Crippen LogP contribution in [0.2, 0.25) is 0 Å². The summed E-state index contributed by atoms with van der Waals surface area (Å²) in [4.78, 5) is 46.8. The van der Waals surface area contributed by atoms with Crippen molar-refractivity contribution in [1.29, 1.82) is 0 Å². The second-order valence-electron chi connectivity index (χ2n) is 4.87. The zero-order chi connectivity index (χ0) is 18.1. The van der Waals surface area contributed by atoms with Crippen molar-refractivity contribution < 1.29 is 28.1 Å². The first-order chi connectivity index (χ1) is 11.9. The monoisotopic (exact) mass is 345 g/mol. The van der Waals surface area contributed by atoms with Gasteiger partial charge in [0.05, 0.1) is 11.8 Å². The molecule has 126 valence electrons. The van der Waals surface area contributed by atoms with Crippen molar-refractivity contribution in [1.82, 2.24) is 5.32 Å². The number of furan rings is 1. The first kappa shape index (κ1) is 16.1. The summed E-state index contributed by atoms with van der Waals surface area (Å²) in [6.45, 7) is 0. The summed E-state index contributed by atoms with van der Waals surface area (Å²) >= 11 is 0. The molecule has 1 N–H and O–H groups in total. The highest BCUT2D eigenvalue weighted by Crippen LogP contribution is 2.23. The van der Waals surface area contributed by atoms with Crippen molar-refractivity contribution in [2.24, 2.45) is 0 Å². The topological polar surface area (TPSA) is 123 Å². The molecule has 25 heavy (non-hydrogen) atoms. The molecule has 0 saturated carbocycles. The van der Waals surface area contributed by atoms with Gasteiger partial charge in [0.1, 0.15) is 22.1 Å². The van der Waals surface area contributed by atoms with Crippen LogP contribution in [0.5, 0.6) is 0 Å². The normalized spacial score (nSPS) is 16.3. The van der Waals surface area contributed by atoms with E-state index in [4.69, 9.17) is 4.42 Å². The smallest absolute Gasteiger partial charge is 0.401 e. The minimum atomic E-state index is -0.996. The average molecular weight is 345 g/mol. The number of hydrogen-bond donors (Lipinski definition) is 1. The maximum Gasteiger partial charge on any atom is 0.433 e. The Morgan fingerprint density at radius 2 is 1.80 bits per heavy atom. The molecule has 0 atom stereocenters. The molecule has 0 aliphatic carbocycles. The number of anilines is 1. The number of imide groups is 2. The quantitative estimate of drug-likeness (QED) is 0.393. The highest BCUT2D eigenvalue weighted by Gasteiger charge is 2.37. The largest absolute Gasteiger partial charge is 0.433 e. The maximum absolute atomic E-state index is 13.0. The van der Waals surface area contributed by atoms with Crippen LogP contribution in [0.4, 0.5) is 20.8 Å². The molecule has 2 aromatic rings. The van der Waals surface area contributed by atoms with Crippen LogP contribution in [0.25, 0.3) is 6.08 Å². The van der Waals surface area contributed by atoms with Crippen molar-refractivity contribution in [2.45, 2.75) is 0 Å². The number of amides is 4. The lowest BCUT2D eigenvalue weighted by Gasteiger charge is -2.26. The van der Waals surface area contributed by atoms with E-state index in [0.717, 1.165) is 24.3 Å². The SMILES string of the molecule is O=C1NC(=O)N(c2ccc(F)cc2)C(=O)C1=Cc1ccc([N+](=O)[O-])o1. The molecular weight excluding hydrogens is 337 g/mol. The Bertz CT molecular complexity index is 931. The fourth-order valence-electron chi connectivity index (χ4n) is 2.14. The molecule has 9 nitrogen and oxygen atoms in total. The third-order valence-electron chi connectivity index (χ3n) is 3.27. The summed E-state index contributed by atoms with van der Waals surface area (Å²) in [6, 6.07) is 5.74. The summed E-state index contributed by atoms with van der Waals surface area (Å²) in [5.74, 6) is -3.20. The number of hydrogen-bond acceptors (Lipinski definition) is 6. The molecule has 0 radical (unpaired) electrons. The molecule has 3 rings (SSSR count). The van der Waals surface area contributed by atoms with Gasteiger partial charge in [0.2, 0.25) is 0 Å². The average Bonchev–Trinajstić information content (AvgIpc) is 3.02. The molecule has 0 spiro atoms. The molecule has 1 saturated heterocycles. The summed E-state index contributed by atoms with van der Waals surface area (Å²) < 4.78 is 17.9. The van der Waals surface area contributed by atoms with Crippen LogP contribution in [0, 0.1) is 15.9 Å². The predicted molar refractivity (Wildman–Crippen MR) is 80.8 cm³/mol. The van der Waals surface area contributed by atoms with E-state index in [1.165, 1.54) is 18.2 Å². The van der Waals surface area contributed by atoms with E-state index in [-0.39, 0.29) is 11.4 Å². The van der Waals surface area contributed by atoms with Crippen molar-refractivity contribution in [2.75, 3.05) is 4.90 Å². The van der Waals surface area contributed by atoms with Gasteiger partial charge >= 0.3 is 11.9 Å². The standard InChI is InChI=1S/C15H8FN3O6/c16-8-1-3-9(4-2-8)18-14(21)11(13(20)17-15(18)22)7-10-5-6-12(25-10)19(23)24/h1-7H,(H,17,20,22). The Morgan fingerprint density at radius 3 is 2.40 bits per heavy atom. The number of rotatable bonds is 3. The van der Waals surface area contributed by atoms with Gasteiger partial charge in [0.15, 0.2) is 0 Å². The van der Waals surface area contributed by atoms with E-state index < -0.39 is 40.0 Å². The van der Waals surface area contributed by atoms with Gasteiger partial charge in [-0.15, -0.1) is 0 Å². The predicted octanol–water partition coefficient (Wildman–Crippen LogP) is 1.99. The number of benzene rings is 1. The first-order valence-corrected chi connectivity index (χ1v) is 6.78. The van der Waals surface area contributed by atoms with Gasteiger partial charge < -0.3 is 4.42 Å². The zero-order valence-electron chi connectivity index (χ0n) is 12.3. The number of nitrogens with zero attached hydrogens (tertiary/aromatic N) is 2. The molecule has 10 heteroatoms. The van der Waals surface area contributed by atoms with E-state index in [0.29, 0.717) is 4.90 Å². The summed E-state index contributed by atoms with van der Waals surface area (Å²) in [6.07, 6.45) is 0.980. The Hall–Kier alpha value is -3.82. The molecule has 0 unspecified atom stereocenters. The van der Waals surface area contributed by atoms with E-state index in [1.54, 1.807) is 0 Å². The number of carbonyl (C=O) groups is 3. The lowest BCUT2D eigenvalue weighted by Crippen LogP contribution is -2.54. The Kier molecular flexibility index (Phi) is 3.85. The molecule has 4 amide bonds. The number of nitro groups is 1. The van der Waals surface area contributed by atoms with Crippen LogP contribution in [-0.4, -0.2) is 22.8 Å². The van der Waals surface area contributed by atoms with Crippen molar-refractivity contribution >= 4 is 35.5 Å².